The number of aromatic amines is 1. The maximum absolute atomic E-state index is 12.9. The Bertz CT molecular complexity index is 860. The number of nitriles is 1. The van der Waals surface area contributed by atoms with Crippen LogP contribution < -0.4 is 11.3 Å². The maximum Gasteiger partial charge on any atom is 0.272 e. The summed E-state index contributed by atoms with van der Waals surface area (Å²) in [6.45, 7) is 5.43. The number of nitrogen functional groups attached to an aromatic ring is 1. The summed E-state index contributed by atoms with van der Waals surface area (Å²) in [7, 11) is 0. The number of hydrogen-bond donors (Lipinski definition) is 2. The van der Waals surface area contributed by atoms with Crippen molar-refractivity contribution in [2.75, 3.05) is 5.73 Å². The normalized spacial score (nSPS) is 11.7. The van der Waals surface area contributed by atoms with E-state index in [1.165, 1.54) is 0 Å². The van der Waals surface area contributed by atoms with Crippen molar-refractivity contribution in [1.82, 2.24) is 4.98 Å². The van der Waals surface area contributed by atoms with Gasteiger partial charge in [-0.2, -0.15) is 5.26 Å². The van der Waals surface area contributed by atoms with Gasteiger partial charge < -0.3 is 10.7 Å². The Morgan fingerprint density at radius 3 is 2.74 bits per heavy atom. The van der Waals surface area contributed by atoms with Gasteiger partial charge >= 0.3 is 0 Å². The van der Waals surface area contributed by atoms with Crippen LogP contribution in [0.1, 0.15) is 52.5 Å². The monoisotopic (exact) mass is 309 g/mol. The van der Waals surface area contributed by atoms with E-state index in [-0.39, 0.29) is 23.0 Å². The molecule has 0 aliphatic heterocycles. The molecule has 0 radical (unpaired) electrons. The minimum atomic E-state index is -0.454. The predicted octanol–water partition coefficient (Wildman–Crippen LogP) is 2.69. The van der Waals surface area contributed by atoms with Gasteiger partial charge in [0, 0.05) is 11.3 Å². The second kappa shape index (κ2) is 6.49. The quantitative estimate of drug-likeness (QED) is 0.848. The lowest BCUT2D eigenvalue weighted by atomic mass is 9.92. The van der Waals surface area contributed by atoms with Crippen molar-refractivity contribution < 1.29 is 4.79 Å². The van der Waals surface area contributed by atoms with Crippen LogP contribution in [0.2, 0.25) is 0 Å². The van der Waals surface area contributed by atoms with Gasteiger partial charge in [0.05, 0.1) is 17.6 Å². The molecule has 1 unspecified atom stereocenters. The molecule has 1 aromatic carbocycles. The Hall–Kier alpha value is -2.87. The Morgan fingerprint density at radius 2 is 2.13 bits per heavy atom. The van der Waals surface area contributed by atoms with Crippen molar-refractivity contribution in [3.63, 3.8) is 0 Å². The number of aryl methyl sites for hydroxylation is 1. The number of carbonyl (C=O) groups excluding carboxylic acids is 1. The van der Waals surface area contributed by atoms with Gasteiger partial charge in [0.2, 0.25) is 0 Å². The van der Waals surface area contributed by atoms with Gasteiger partial charge in [-0.05, 0) is 37.5 Å². The summed E-state index contributed by atoms with van der Waals surface area (Å²) in [5, 5.41) is 9.03. The topological polar surface area (TPSA) is 99.7 Å². The van der Waals surface area contributed by atoms with Gasteiger partial charge in [-0.1, -0.05) is 25.1 Å². The third-order valence-electron chi connectivity index (χ3n) is 3.99. The van der Waals surface area contributed by atoms with E-state index in [2.05, 4.69) is 11.1 Å². The Kier molecular flexibility index (Phi) is 4.65. The second-order valence-corrected chi connectivity index (χ2v) is 5.51. The summed E-state index contributed by atoms with van der Waals surface area (Å²) >= 11 is 0. The van der Waals surface area contributed by atoms with Crippen LogP contribution in [0.4, 0.5) is 5.69 Å². The molecule has 1 heterocycles. The Labute approximate surface area is 134 Å². The molecule has 0 bridgehead atoms. The van der Waals surface area contributed by atoms with Gasteiger partial charge in [0.15, 0.2) is 5.78 Å². The molecular formula is C18H19N3O2. The smallest absolute Gasteiger partial charge is 0.272 e. The van der Waals surface area contributed by atoms with Crippen molar-refractivity contribution in [2.24, 2.45) is 0 Å². The van der Waals surface area contributed by atoms with Gasteiger partial charge in [-0.15, -0.1) is 0 Å². The van der Waals surface area contributed by atoms with Crippen molar-refractivity contribution >= 4 is 11.5 Å². The van der Waals surface area contributed by atoms with Crippen LogP contribution in [0.5, 0.6) is 0 Å². The first-order chi connectivity index (χ1) is 10.9. The minimum absolute atomic E-state index is 0.0591. The zero-order chi connectivity index (χ0) is 17.1. The van der Waals surface area contributed by atoms with E-state index in [9.17, 15) is 9.59 Å². The highest BCUT2D eigenvalue weighted by atomic mass is 16.1. The van der Waals surface area contributed by atoms with Crippen LogP contribution in [0.3, 0.4) is 0 Å². The Morgan fingerprint density at radius 1 is 1.43 bits per heavy atom. The van der Waals surface area contributed by atoms with E-state index >= 15 is 0 Å². The van der Waals surface area contributed by atoms with E-state index in [0.29, 0.717) is 17.7 Å². The number of benzene rings is 1. The largest absolute Gasteiger partial charge is 0.394 e. The molecule has 0 spiro atoms. The molecule has 3 N–H and O–H groups in total. The summed E-state index contributed by atoms with van der Waals surface area (Å²) in [5.74, 6) is -0.604. The van der Waals surface area contributed by atoms with Crippen LogP contribution in [0.25, 0.3) is 0 Å². The SMILES string of the molecule is CCc1c(C)[nH]c(=O)c(N)c1C(=O)c1cccc(C(C)C#N)c1. The average molecular weight is 309 g/mol. The Balaban J connectivity index is 2.63. The number of pyridine rings is 1. The van der Waals surface area contributed by atoms with Gasteiger partial charge in [0.25, 0.3) is 5.56 Å². The number of hydrogen-bond acceptors (Lipinski definition) is 4. The van der Waals surface area contributed by atoms with Crippen LogP contribution in [-0.2, 0) is 6.42 Å². The van der Waals surface area contributed by atoms with Gasteiger partial charge in [-0.3, -0.25) is 9.59 Å². The zero-order valence-corrected chi connectivity index (χ0v) is 13.4. The van der Waals surface area contributed by atoms with E-state index in [1.807, 2.05) is 6.92 Å². The molecule has 0 saturated heterocycles. The maximum atomic E-state index is 12.9. The highest BCUT2D eigenvalue weighted by Crippen LogP contribution is 2.23. The molecule has 0 fully saturated rings. The van der Waals surface area contributed by atoms with Crippen molar-refractivity contribution in [2.45, 2.75) is 33.1 Å². The van der Waals surface area contributed by atoms with Crippen LogP contribution in [0.15, 0.2) is 29.1 Å². The van der Waals surface area contributed by atoms with Gasteiger partial charge in [-0.25, -0.2) is 0 Å². The molecule has 0 aliphatic rings. The highest BCUT2D eigenvalue weighted by Gasteiger charge is 2.21. The highest BCUT2D eigenvalue weighted by molar-refractivity contribution is 6.13. The molecule has 0 amide bonds. The van der Waals surface area contributed by atoms with Crippen molar-refractivity contribution in [3.8, 4) is 6.07 Å². The molecule has 2 rings (SSSR count). The molecule has 2 aromatic rings. The van der Waals surface area contributed by atoms with E-state index in [1.54, 1.807) is 38.1 Å². The molecule has 0 saturated carbocycles. The lowest BCUT2D eigenvalue weighted by molar-refractivity contribution is 0.103. The first-order valence-corrected chi connectivity index (χ1v) is 7.46. The first-order valence-electron chi connectivity index (χ1n) is 7.46. The van der Waals surface area contributed by atoms with Crippen LogP contribution in [-0.4, -0.2) is 10.8 Å². The summed E-state index contributed by atoms with van der Waals surface area (Å²) < 4.78 is 0. The number of aromatic nitrogens is 1. The number of carbonyl (C=O) groups is 1. The number of rotatable bonds is 4. The fraction of sp³-hybridized carbons (Fsp3) is 0.278. The van der Waals surface area contributed by atoms with E-state index < -0.39 is 5.56 Å². The fourth-order valence-electron chi connectivity index (χ4n) is 2.65. The van der Waals surface area contributed by atoms with E-state index in [0.717, 1.165) is 11.1 Å². The molecule has 0 aliphatic carbocycles. The predicted molar refractivity (Wildman–Crippen MR) is 89.5 cm³/mol. The number of ketones is 1. The molecular weight excluding hydrogens is 290 g/mol. The standard InChI is InChI=1S/C18H19N3O2/c1-4-14-11(3)21-18(23)16(20)15(14)17(22)13-7-5-6-12(8-13)10(2)9-19/h5-8,10H,4,20H2,1-3H3,(H,21,23). The average Bonchev–Trinajstić information content (AvgIpc) is 2.56. The third kappa shape index (κ3) is 3.02. The minimum Gasteiger partial charge on any atom is -0.394 e. The second-order valence-electron chi connectivity index (χ2n) is 5.51. The lowest BCUT2D eigenvalue weighted by Gasteiger charge is -2.13. The summed E-state index contributed by atoms with van der Waals surface area (Å²) in [5.41, 5.74) is 8.20. The lowest BCUT2D eigenvalue weighted by Crippen LogP contribution is -2.22. The number of nitrogens with two attached hydrogens (primary N) is 1. The molecule has 5 nitrogen and oxygen atoms in total. The molecule has 5 heteroatoms. The van der Waals surface area contributed by atoms with Gasteiger partial charge in [0.1, 0.15) is 5.69 Å². The number of nitrogens with one attached hydrogen (secondary N) is 1. The molecule has 1 aromatic heterocycles. The summed E-state index contributed by atoms with van der Waals surface area (Å²) in [6.07, 6.45) is 0.585. The third-order valence-corrected chi connectivity index (χ3v) is 3.99. The van der Waals surface area contributed by atoms with Crippen molar-refractivity contribution in [3.05, 3.63) is 62.6 Å². The number of H-pyrrole nitrogens is 1. The first kappa shape index (κ1) is 16.5. The van der Waals surface area contributed by atoms with E-state index in [4.69, 9.17) is 11.0 Å². The molecule has 1 atom stereocenters. The molecule has 23 heavy (non-hydrogen) atoms. The number of anilines is 1. The van der Waals surface area contributed by atoms with Crippen molar-refractivity contribution in [1.29, 1.82) is 5.26 Å². The fourth-order valence-corrected chi connectivity index (χ4v) is 2.65. The van der Waals surface area contributed by atoms with Crippen LogP contribution >= 0.6 is 0 Å². The summed E-state index contributed by atoms with van der Waals surface area (Å²) in [4.78, 5) is 27.5. The number of nitrogens with zero attached hydrogens (tertiary/aromatic N) is 1. The van der Waals surface area contributed by atoms with Crippen LogP contribution in [0, 0.1) is 18.3 Å². The summed E-state index contributed by atoms with van der Waals surface area (Å²) in [6, 6.07) is 9.04. The molecule has 118 valence electrons. The zero-order valence-electron chi connectivity index (χ0n) is 13.4.